The number of aliphatic hydroxyl groups excluding tert-OH is 1. The predicted octanol–water partition coefficient (Wildman–Crippen LogP) is 4.54. The Labute approximate surface area is 102 Å². The van der Waals surface area contributed by atoms with E-state index in [2.05, 4.69) is 6.92 Å². The second-order valence-electron chi connectivity index (χ2n) is 5.53. The molecule has 0 spiro atoms. The summed E-state index contributed by atoms with van der Waals surface area (Å²) < 4.78 is 0. The molecule has 1 rings (SSSR count). The summed E-state index contributed by atoms with van der Waals surface area (Å²) in [5.41, 5.74) is 0. The zero-order valence-corrected chi connectivity index (χ0v) is 11.1. The van der Waals surface area contributed by atoms with Crippen LogP contribution in [0.3, 0.4) is 0 Å². The molecule has 1 heteroatoms. The maximum Gasteiger partial charge on any atom is 0.0431 e. The molecule has 0 radical (unpaired) electrons. The van der Waals surface area contributed by atoms with Crippen LogP contribution in [0.2, 0.25) is 0 Å². The van der Waals surface area contributed by atoms with Gasteiger partial charge >= 0.3 is 0 Å². The van der Waals surface area contributed by atoms with E-state index in [1.54, 1.807) is 0 Å². The molecule has 2 unspecified atom stereocenters. The van der Waals surface area contributed by atoms with E-state index in [1.165, 1.54) is 64.2 Å². The lowest BCUT2D eigenvalue weighted by Crippen LogP contribution is -1.86. The van der Waals surface area contributed by atoms with Crippen LogP contribution in [0.4, 0.5) is 0 Å². The minimum absolute atomic E-state index is 0.375. The first-order chi connectivity index (χ1) is 7.88. The van der Waals surface area contributed by atoms with Gasteiger partial charge < -0.3 is 5.11 Å². The van der Waals surface area contributed by atoms with Crippen molar-refractivity contribution in [3.8, 4) is 0 Å². The summed E-state index contributed by atoms with van der Waals surface area (Å²) in [4.78, 5) is 0. The minimum Gasteiger partial charge on any atom is -0.396 e. The number of hydrogen-bond donors (Lipinski definition) is 1. The fourth-order valence-electron chi connectivity index (χ4n) is 2.79. The molecule has 1 fully saturated rings. The van der Waals surface area contributed by atoms with Crippen molar-refractivity contribution in [2.24, 2.45) is 11.8 Å². The molecule has 1 N–H and O–H groups in total. The summed E-state index contributed by atoms with van der Waals surface area (Å²) in [5, 5.41) is 8.64. The number of hydrogen-bond acceptors (Lipinski definition) is 1. The number of aliphatic hydroxyl groups is 1. The molecule has 0 aromatic carbocycles. The van der Waals surface area contributed by atoms with Gasteiger partial charge in [-0.15, -0.1) is 0 Å². The van der Waals surface area contributed by atoms with Crippen LogP contribution in [0, 0.1) is 11.8 Å². The van der Waals surface area contributed by atoms with E-state index in [9.17, 15) is 0 Å². The Bertz CT molecular complexity index is 156. The van der Waals surface area contributed by atoms with Crippen molar-refractivity contribution in [3.05, 3.63) is 0 Å². The fraction of sp³-hybridized carbons (Fsp3) is 1.00. The molecule has 0 bridgehead atoms. The second-order valence-corrected chi connectivity index (χ2v) is 5.53. The van der Waals surface area contributed by atoms with E-state index in [0.717, 1.165) is 18.3 Å². The first-order valence-electron chi connectivity index (χ1n) is 7.49. The lowest BCUT2D eigenvalue weighted by molar-refractivity contribution is 0.282. The molecule has 0 aromatic heterocycles. The predicted molar refractivity (Wildman–Crippen MR) is 70.5 cm³/mol. The second kappa shape index (κ2) is 9.04. The summed E-state index contributed by atoms with van der Waals surface area (Å²) >= 11 is 0. The van der Waals surface area contributed by atoms with Crippen molar-refractivity contribution >= 4 is 0 Å². The van der Waals surface area contributed by atoms with Crippen molar-refractivity contribution in [1.82, 2.24) is 0 Å². The minimum atomic E-state index is 0.375. The summed E-state index contributed by atoms with van der Waals surface area (Å²) in [5.74, 6) is 2.21. The zero-order valence-electron chi connectivity index (χ0n) is 11.1. The Balaban J connectivity index is 1.73. The molecule has 1 aliphatic rings. The van der Waals surface area contributed by atoms with E-state index in [4.69, 9.17) is 5.11 Å². The van der Waals surface area contributed by atoms with Crippen molar-refractivity contribution < 1.29 is 5.11 Å². The third-order valence-corrected chi connectivity index (χ3v) is 3.96. The monoisotopic (exact) mass is 226 g/mol. The molecular formula is C15H30O. The van der Waals surface area contributed by atoms with Crippen LogP contribution in [0.25, 0.3) is 0 Å². The Kier molecular flexibility index (Phi) is 7.92. The summed E-state index contributed by atoms with van der Waals surface area (Å²) in [6.45, 7) is 2.68. The molecular weight excluding hydrogens is 196 g/mol. The third-order valence-electron chi connectivity index (χ3n) is 3.96. The van der Waals surface area contributed by atoms with Gasteiger partial charge in [-0.1, -0.05) is 64.7 Å². The van der Waals surface area contributed by atoms with Crippen LogP contribution < -0.4 is 0 Å². The zero-order chi connectivity index (χ0) is 11.6. The van der Waals surface area contributed by atoms with Gasteiger partial charge in [0.05, 0.1) is 0 Å². The van der Waals surface area contributed by atoms with Gasteiger partial charge in [-0.25, -0.2) is 0 Å². The highest BCUT2D eigenvalue weighted by atomic mass is 16.2. The Morgan fingerprint density at radius 2 is 1.38 bits per heavy atom. The van der Waals surface area contributed by atoms with Crippen LogP contribution in [0.1, 0.15) is 77.6 Å². The van der Waals surface area contributed by atoms with E-state index in [-0.39, 0.29) is 0 Å². The first-order valence-corrected chi connectivity index (χ1v) is 7.49. The first kappa shape index (κ1) is 14.0. The SMILES string of the molecule is CCCC1CC1CCCCCCCCCO. The van der Waals surface area contributed by atoms with Crippen molar-refractivity contribution in [2.45, 2.75) is 77.6 Å². The molecule has 1 saturated carbocycles. The summed E-state index contributed by atoms with van der Waals surface area (Å²) in [7, 11) is 0. The van der Waals surface area contributed by atoms with Crippen molar-refractivity contribution in [1.29, 1.82) is 0 Å². The Hall–Kier alpha value is -0.0400. The molecule has 0 saturated heterocycles. The van der Waals surface area contributed by atoms with E-state index in [0.29, 0.717) is 6.61 Å². The van der Waals surface area contributed by atoms with E-state index >= 15 is 0 Å². The smallest absolute Gasteiger partial charge is 0.0431 e. The van der Waals surface area contributed by atoms with Gasteiger partial charge in [0.15, 0.2) is 0 Å². The highest BCUT2D eigenvalue weighted by Crippen LogP contribution is 2.45. The molecule has 0 heterocycles. The van der Waals surface area contributed by atoms with Crippen LogP contribution in [0.15, 0.2) is 0 Å². The molecule has 16 heavy (non-hydrogen) atoms. The largest absolute Gasteiger partial charge is 0.396 e. The molecule has 0 aliphatic heterocycles. The molecule has 96 valence electrons. The van der Waals surface area contributed by atoms with Crippen LogP contribution in [-0.4, -0.2) is 11.7 Å². The topological polar surface area (TPSA) is 20.2 Å². The maximum atomic E-state index is 8.64. The van der Waals surface area contributed by atoms with Gasteiger partial charge in [0.1, 0.15) is 0 Å². The summed E-state index contributed by atoms with van der Waals surface area (Å²) in [6.07, 6.45) is 15.1. The summed E-state index contributed by atoms with van der Waals surface area (Å²) in [6, 6.07) is 0. The normalized spacial score (nSPS) is 23.6. The quantitative estimate of drug-likeness (QED) is 0.513. The Morgan fingerprint density at radius 1 is 0.812 bits per heavy atom. The van der Waals surface area contributed by atoms with Gasteiger partial charge in [0.2, 0.25) is 0 Å². The van der Waals surface area contributed by atoms with Gasteiger partial charge in [0.25, 0.3) is 0 Å². The van der Waals surface area contributed by atoms with Gasteiger partial charge in [-0.2, -0.15) is 0 Å². The maximum absolute atomic E-state index is 8.64. The van der Waals surface area contributed by atoms with Gasteiger partial charge in [-0.3, -0.25) is 0 Å². The molecule has 0 aromatic rings. The fourth-order valence-corrected chi connectivity index (χ4v) is 2.79. The highest BCUT2D eigenvalue weighted by Gasteiger charge is 2.34. The molecule has 1 nitrogen and oxygen atoms in total. The molecule has 0 amide bonds. The molecule has 2 atom stereocenters. The van der Waals surface area contributed by atoms with Crippen LogP contribution >= 0.6 is 0 Å². The van der Waals surface area contributed by atoms with Crippen LogP contribution in [0.5, 0.6) is 0 Å². The third kappa shape index (κ3) is 6.52. The highest BCUT2D eigenvalue weighted by molar-refractivity contribution is 4.85. The van der Waals surface area contributed by atoms with Crippen molar-refractivity contribution in [2.75, 3.05) is 6.61 Å². The van der Waals surface area contributed by atoms with Gasteiger partial charge in [0, 0.05) is 6.61 Å². The Morgan fingerprint density at radius 3 is 2.00 bits per heavy atom. The average Bonchev–Trinajstić information content (AvgIpc) is 3.01. The van der Waals surface area contributed by atoms with Crippen LogP contribution in [-0.2, 0) is 0 Å². The lowest BCUT2D eigenvalue weighted by atomic mass is 10.1. The standard InChI is InChI=1S/C15H30O/c1-2-10-14-13-15(14)11-8-6-4-3-5-7-9-12-16/h14-16H,2-13H2,1H3. The molecule has 1 aliphatic carbocycles. The van der Waals surface area contributed by atoms with Gasteiger partial charge in [-0.05, 0) is 24.7 Å². The van der Waals surface area contributed by atoms with E-state index < -0.39 is 0 Å². The average molecular weight is 226 g/mol. The number of unbranched alkanes of at least 4 members (excludes halogenated alkanes) is 6. The lowest BCUT2D eigenvalue weighted by Gasteiger charge is -2.01. The van der Waals surface area contributed by atoms with Crippen molar-refractivity contribution in [3.63, 3.8) is 0 Å². The van der Waals surface area contributed by atoms with E-state index in [1.807, 2.05) is 0 Å². The number of rotatable bonds is 11.